The molecule has 1 amide bonds. The molecule has 17 heavy (non-hydrogen) atoms. The molecule has 0 aromatic heterocycles. The van der Waals surface area contributed by atoms with Crippen LogP contribution in [-0.2, 0) is 23.9 Å². The molecule has 1 rings (SSSR count). The zero-order valence-electron chi connectivity index (χ0n) is 10.2. The molecule has 6 nitrogen and oxygen atoms in total. The van der Waals surface area contributed by atoms with E-state index in [2.05, 4.69) is 5.32 Å². The molecule has 1 aliphatic rings. The average Bonchev–Trinajstić information content (AvgIpc) is 2.57. The van der Waals surface area contributed by atoms with Gasteiger partial charge in [-0.05, 0) is 13.8 Å². The van der Waals surface area contributed by atoms with Gasteiger partial charge >= 0.3 is 11.9 Å². The molecular weight excluding hydrogens is 226 g/mol. The van der Waals surface area contributed by atoms with Crippen molar-refractivity contribution in [1.82, 2.24) is 5.32 Å². The molecule has 1 atom stereocenters. The third-order valence-electron chi connectivity index (χ3n) is 2.64. The van der Waals surface area contributed by atoms with Gasteiger partial charge in [-0.3, -0.25) is 4.79 Å². The van der Waals surface area contributed by atoms with E-state index in [1.165, 1.54) is 0 Å². The summed E-state index contributed by atoms with van der Waals surface area (Å²) < 4.78 is 9.68. The van der Waals surface area contributed by atoms with Gasteiger partial charge in [0.2, 0.25) is 11.4 Å². The molecule has 0 bridgehead atoms. The number of nitrogens with one attached hydrogen (secondary N) is 1. The van der Waals surface area contributed by atoms with Crippen molar-refractivity contribution < 1.29 is 23.9 Å². The lowest BCUT2D eigenvalue weighted by Crippen LogP contribution is -2.57. The van der Waals surface area contributed by atoms with Crippen LogP contribution in [0.5, 0.6) is 0 Å². The molecular formula is C11H17NO5. The van der Waals surface area contributed by atoms with Crippen molar-refractivity contribution in [3.63, 3.8) is 0 Å². The van der Waals surface area contributed by atoms with Gasteiger partial charge in [-0.25, -0.2) is 9.59 Å². The monoisotopic (exact) mass is 243 g/mol. The molecule has 1 saturated heterocycles. The van der Waals surface area contributed by atoms with Crippen LogP contribution in [0.3, 0.4) is 0 Å². The van der Waals surface area contributed by atoms with E-state index in [-0.39, 0.29) is 25.5 Å². The topological polar surface area (TPSA) is 81.7 Å². The first-order chi connectivity index (χ1) is 7.97. The fourth-order valence-corrected chi connectivity index (χ4v) is 1.80. The third kappa shape index (κ3) is 2.40. The van der Waals surface area contributed by atoms with Gasteiger partial charge in [0.15, 0.2) is 0 Å². The van der Waals surface area contributed by atoms with E-state index in [0.29, 0.717) is 0 Å². The van der Waals surface area contributed by atoms with Crippen LogP contribution in [0.25, 0.3) is 0 Å². The second-order valence-electron chi connectivity index (χ2n) is 3.94. The Labute approximate surface area is 99.6 Å². The Morgan fingerprint density at radius 2 is 1.76 bits per heavy atom. The molecule has 0 aromatic rings. The molecule has 1 aliphatic heterocycles. The maximum absolute atomic E-state index is 11.8. The van der Waals surface area contributed by atoms with Crippen LogP contribution in [0.15, 0.2) is 0 Å². The minimum absolute atomic E-state index is 0.0729. The summed E-state index contributed by atoms with van der Waals surface area (Å²) in [5.41, 5.74) is -1.66. The highest BCUT2D eigenvalue weighted by Crippen LogP contribution is 2.28. The second kappa shape index (κ2) is 5.16. The summed E-state index contributed by atoms with van der Waals surface area (Å²) >= 11 is 0. The van der Waals surface area contributed by atoms with Crippen molar-refractivity contribution >= 4 is 17.8 Å². The quantitative estimate of drug-likeness (QED) is 0.555. The highest BCUT2D eigenvalue weighted by Gasteiger charge is 2.56. The highest BCUT2D eigenvalue weighted by molar-refractivity contribution is 6.10. The summed E-state index contributed by atoms with van der Waals surface area (Å²) in [6.07, 6.45) is 0.0729. The third-order valence-corrected chi connectivity index (χ3v) is 2.64. The van der Waals surface area contributed by atoms with E-state index in [4.69, 9.17) is 9.47 Å². The summed E-state index contributed by atoms with van der Waals surface area (Å²) in [6, 6.07) is 0. The van der Waals surface area contributed by atoms with Crippen LogP contribution in [0, 0.1) is 5.92 Å². The average molecular weight is 243 g/mol. The predicted molar refractivity (Wildman–Crippen MR) is 57.9 cm³/mol. The molecule has 0 spiro atoms. The SMILES string of the molecule is CCOC(=O)C1(C(=O)OCC)CC(C)C(=O)N1. The van der Waals surface area contributed by atoms with Crippen LogP contribution in [0.1, 0.15) is 27.2 Å². The highest BCUT2D eigenvalue weighted by atomic mass is 16.6. The van der Waals surface area contributed by atoms with Gasteiger partial charge < -0.3 is 14.8 Å². The van der Waals surface area contributed by atoms with Crippen molar-refractivity contribution in [2.45, 2.75) is 32.7 Å². The summed E-state index contributed by atoms with van der Waals surface area (Å²) in [5, 5.41) is 2.40. The van der Waals surface area contributed by atoms with Crippen molar-refractivity contribution in [2.75, 3.05) is 13.2 Å². The number of carbonyl (C=O) groups is 3. The Hall–Kier alpha value is -1.59. The smallest absolute Gasteiger partial charge is 0.343 e. The van der Waals surface area contributed by atoms with Crippen LogP contribution in [0.4, 0.5) is 0 Å². The maximum Gasteiger partial charge on any atom is 0.343 e. The first-order valence-electron chi connectivity index (χ1n) is 5.64. The lowest BCUT2D eigenvalue weighted by atomic mass is 9.93. The first kappa shape index (κ1) is 13.5. The summed E-state index contributed by atoms with van der Waals surface area (Å²) in [7, 11) is 0. The van der Waals surface area contributed by atoms with Crippen molar-refractivity contribution in [2.24, 2.45) is 5.92 Å². The lowest BCUT2D eigenvalue weighted by molar-refractivity contribution is -0.166. The molecule has 1 fully saturated rings. The number of esters is 2. The normalized spacial score (nSPS) is 21.8. The molecule has 1 heterocycles. The van der Waals surface area contributed by atoms with Crippen LogP contribution in [0.2, 0.25) is 0 Å². The molecule has 0 aliphatic carbocycles. The number of hydrogen-bond donors (Lipinski definition) is 1. The Morgan fingerprint density at radius 1 is 1.29 bits per heavy atom. The zero-order chi connectivity index (χ0) is 13.1. The van der Waals surface area contributed by atoms with Crippen LogP contribution in [-0.4, -0.2) is 36.6 Å². The van der Waals surface area contributed by atoms with E-state index < -0.39 is 23.4 Å². The van der Waals surface area contributed by atoms with E-state index >= 15 is 0 Å². The van der Waals surface area contributed by atoms with Crippen molar-refractivity contribution in [1.29, 1.82) is 0 Å². The van der Waals surface area contributed by atoms with Crippen molar-refractivity contribution in [3.05, 3.63) is 0 Å². The fraction of sp³-hybridized carbons (Fsp3) is 0.727. The lowest BCUT2D eigenvalue weighted by Gasteiger charge is -2.24. The summed E-state index contributed by atoms with van der Waals surface area (Å²) in [4.78, 5) is 35.2. The predicted octanol–water partition coefficient (Wildman–Crippen LogP) is 0.00740. The molecule has 0 aromatic carbocycles. The Morgan fingerprint density at radius 3 is 2.06 bits per heavy atom. The van der Waals surface area contributed by atoms with E-state index in [1.807, 2.05) is 0 Å². The first-order valence-corrected chi connectivity index (χ1v) is 5.64. The van der Waals surface area contributed by atoms with Gasteiger partial charge in [0.1, 0.15) is 0 Å². The molecule has 6 heteroatoms. The van der Waals surface area contributed by atoms with E-state index in [1.54, 1.807) is 20.8 Å². The molecule has 0 saturated carbocycles. The number of carbonyl (C=O) groups excluding carboxylic acids is 3. The summed E-state index contributed by atoms with van der Waals surface area (Å²) in [6.45, 7) is 5.21. The van der Waals surface area contributed by atoms with Crippen molar-refractivity contribution in [3.8, 4) is 0 Å². The minimum atomic E-state index is -1.66. The summed E-state index contributed by atoms with van der Waals surface area (Å²) in [5.74, 6) is -2.26. The largest absolute Gasteiger partial charge is 0.464 e. The van der Waals surface area contributed by atoms with Crippen LogP contribution < -0.4 is 5.32 Å². The fourth-order valence-electron chi connectivity index (χ4n) is 1.80. The standard InChI is InChI=1S/C11H17NO5/c1-4-16-9(14)11(10(15)17-5-2)6-7(3)8(13)12-11/h7H,4-6H2,1-3H3,(H,12,13). The molecule has 96 valence electrons. The van der Waals surface area contributed by atoms with Crippen LogP contribution >= 0.6 is 0 Å². The Bertz CT molecular complexity index is 321. The number of rotatable bonds is 4. The van der Waals surface area contributed by atoms with Gasteiger partial charge in [0.05, 0.1) is 13.2 Å². The number of ether oxygens (including phenoxy) is 2. The second-order valence-corrected chi connectivity index (χ2v) is 3.94. The Balaban J connectivity index is 2.98. The minimum Gasteiger partial charge on any atom is -0.464 e. The van der Waals surface area contributed by atoms with E-state index in [0.717, 1.165) is 0 Å². The van der Waals surface area contributed by atoms with Gasteiger partial charge in [-0.1, -0.05) is 6.92 Å². The maximum atomic E-state index is 11.8. The van der Waals surface area contributed by atoms with E-state index in [9.17, 15) is 14.4 Å². The molecule has 1 unspecified atom stereocenters. The number of hydrogen-bond acceptors (Lipinski definition) is 5. The Kier molecular flexibility index (Phi) is 4.09. The molecule has 1 N–H and O–H groups in total. The van der Waals surface area contributed by atoms with Gasteiger partial charge in [-0.15, -0.1) is 0 Å². The zero-order valence-corrected chi connectivity index (χ0v) is 10.2. The number of amides is 1. The van der Waals surface area contributed by atoms with Gasteiger partial charge in [0.25, 0.3) is 0 Å². The van der Waals surface area contributed by atoms with Gasteiger partial charge in [-0.2, -0.15) is 0 Å². The molecule has 0 radical (unpaired) electrons. The van der Waals surface area contributed by atoms with Gasteiger partial charge in [0, 0.05) is 12.3 Å².